The Bertz CT molecular complexity index is 492. The molecule has 0 spiro atoms. The third kappa shape index (κ3) is 1.89. The van der Waals surface area contributed by atoms with Crippen molar-refractivity contribution in [3.05, 3.63) is 41.0 Å². The minimum Gasteiger partial charge on any atom is -0.382 e. The Morgan fingerprint density at radius 1 is 0.938 bits per heavy atom. The fourth-order valence-electron chi connectivity index (χ4n) is 2.06. The summed E-state index contributed by atoms with van der Waals surface area (Å²) in [6, 6.07) is 7.99. The van der Waals surface area contributed by atoms with E-state index in [9.17, 15) is 0 Å². The van der Waals surface area contributed by atoms with Crippen molar-refractivity contribution in [2.24, 2.45) is 0 Å². The lowest BCUT2D eigenvalue weighted by atomic mass is 9.97. The first-order valence-electron chi connectivity index (χ1n) is 5.25. The number of rotatable bonds is 1. The highest BCUT2D eigenvalue weighted by Crippen LogP contribution is 2.26. The second-order valence-corrected chi connectivity index (χ2v) is 4.12. The summed E-state index contributed by atoms with van der Waals surface area (Å²) in [4.78, 5) is 0. The normalized spacial score (nSPS) is 10.4. The van der Waals surface area contributed by atoms with Crippen molar-refractivity contribution in [3.63, 3.8) is 0 Å². The molecular formula is C13H15N3. The van der Waals surface area contributed by atoms with Gasteiger partial charge in [0.05, 0.1) is 5.69 Å². The van der Waals surface area contributed by atoms with E-state index in [1.54, 1.807) is 6.07 Å². The van der Waals surface area contributed by atoms with Crippen molar-refractivity contribution in [2.75, 3.05) is 5.73 Å². The van der Waals surface area contributed by atoms with E-state index in [1.807, 2.05) is 6.07 Å². The van der Waals surface area contributed by atoms with Crippen LogP contribution in [0.4, 0.5) is 5.82 Å². The molecular weight excluding hydrogens is 198 g/mol. The minimum atomic E-state index is 0.450. The SMILES string of the molecule is Cc1cc(C)c(-c2ccc(N)nn2)c(C)c1. The van der Waals surface area contributed by atoms with Gasteiger partial charge in [-0.1, -0.05) is 17.7 Å². The van der Waals surface area contributed by atoms with E-state index in [4.69, 9.17) is 5.73 Å². The first-order chi connectivity index (χ1) is 7.58. The van der Waals surface area contributed by atoms with Gasteiger partial charge in [0.15, 0.2) is 0 Å². The molecule has 2 aromatic rings. The first kappa shape index (κ1) is 10.6. The molecule has 0 amide bonds. The van der Waals surface area contributed by atoms with Gasteiger partial charge in [-0.3, -0.25) is 0 Å². The van der Waals surface area contributed by atoms with E-state index in [2.05, 4.69) is 43.1 Å². The number of anilines is 1. The molecule has 0 aliphatic rings. The average Bonchev–Trinajstić information content (AvgIpc) is 2.19. The molecule has 1 aromatic heterocycles. The molecule has 3 heteroatoms. The summed E-state index contributed by atoms with van der Waals surface area (Å²) >= 11 is 0. The van der Waals surface area contributed by atoms with Crippen LogP contribution in [-0.2, 0) is 0 Å². The molecule has 2 rings (SSSR count). The molecule has 0 aliphatic heterocycles. The van der Waals surface area contributed by atoms with Crippen LogP contribution in [0.15, 0.2) is 24.3 Å². The zero-order chi connectivity index (χ0) is 11.7. The average molecular weight is 213 g/mol. The summed E-state index contributed by atoms with van der Waals surface area (Å²) in [7, 11) is 0. The minimum absolute atomic E-state index is 0.450. The molecule has 2 N–H and O–H groups in total. The summed E-state index contributed by atoms with van der Waals surface area (Å²) in [5, 5.41) is 8.01. The summed E-state index contributed by atoms with van der Waals surface area (Å²) in [5.41, 5.74) is 11.3. The van der Waals surface area contributed by atoms with Crippen molar-refractivity contribution in [1.82, 2.24) is 10.2 Å². The Balaban J connectivity index is 2.60. The summed E-state index contributed by atoms with van der Waals surface area (Å²) in [6.45, 7) is 6.28. The van der Waals surface area contributed by atoms with Crippen molar-refractivity contribution in [2.45, 2.75) is 20.8 Å². The van der Waals surface area contributed by atoms with Gasteiger partial charge in [0.1, 0.15) is 5.82 Å². The fraction of sp³-hybridized carbons (Fsp3) is 0.231. The van der Waals surface area contributed by atoms with Crippen LogP contribution >= 0.6 is 0 Å². The van der Waals surface area contributed by atoms with Crippen molar-refractivity contribution in [3.8, 4) is 11.3 Å². The van der Waals surface area contributed by atoms with Gasteiger partial charge in [-0.2, -0.15) is 0 Å². The van der Waals surface area contributed by atoms with Gasteiger partial charge in [0.2, 0.25) is 0 Å². The van der Waals surface area contributed by atoms with E-state index in [1.165, 1.54) is 16.7 Å². The summed E-state index contributed by atoms with van der Waals surface area (Å²) < 4.78 is 0. The maximum Gasteiger partial charge on any atom is 0.146 e. The number of aryl methyl sites for hydroxylation is 3. The molecule has 0 fully saturated rings. The molecule has 0 aliphatic carbocycles. The highest BCUT2D eigenvalue weighted by Gasteiger charge is 2.08. The number of nitrogens with zero attached hydrogens (tertiary/aromatic N) is 2. The van der Waals surface area contributed by atoms with Crippen LogP contribution < -0.4 is 5.73 Å². The van der Waals surface area contributed by atoms with Crippen LogP contribution in [0.2, 0.25) is 0 Å². The molecule has 3 nitrogen and oxygen atoms in total. The van der Waals surface area contributed by atoms with Crippen LogP contribution in [0.5, 0.6) is 0 Å². The van der Waals surface area contributed by atoms with Gasteiger partial charge in [0, 0.05) is 5.56 Å². The van der Waals surface area contributed by atoms with Gasteiger partial charge >= 0.3 is 0 Å². The summed E-state index contributed by atoms with van der Waals surface area (Å²) in [6.07, 6.45) is 0. The summed E-state index contributed by atoms with van der Waals surface area (Å²) in [5.74, 6) is 0.450. The third-order valence-corrected chi connectivity index (χ3v) is 2.62. The molecule has 82 valence electrons. The Kier molecular flexibility index (Phi) is 2.60. The number of nitrogen functional groups attached to an aromatic ring is 1. The topological polar surface area (TPSA) is 51.8 Å². The fourth-order valence-corrected chi connectivity index (χ4v) is 2.06. The molecule has 1 aromatic carbocycles. The molecule has 1 heterocycles. The highest BCUT2D eigenvalue weighted by atomic mass is 15.1. The quantitative estimate of drug-likeness (QED) is 0.792. The molecule has 0 bridgehead atoms. The predicted molar refractivity (Wildman–Crippen MR) is 66.1 cm³/mol. The van der Waals surface area contributed by atoms with Gasteiger partial charge in [0.25, 0.3) is 0 Å². The predicted octanol–water partition coefficient (Wildman–Crippen LogP) is 2.65. The maximum absolute atomic E-state index is 5.53. The van der Waals surface area contributed by atoms with E-state index in [0.29, 0.717) is 5.82 Å². The molecule has 0 saturated carbocycles. The van der Waals surface area contributed by atoms with Gasteiger partial charge in [-0.25, -0.2) is 0 Å². The van der Waals surface area contributed by atoms with Gasteiger partial charge < -0.3 is 5.73 Å². The Labute approximate surface area is 95.3 Å². The molecule has 0 atom stereocenters. The Hall–Kier alpha value is -1.90. The third-order valence-electron chi connectivity index (χ3n) is 2.62. The van der Waals surface area contributed by atoms with E-state index in [-0.39, 0.29) is 0 Å². The largest absolute Gasteiger partial charge is 0.382 e. The van der Waals surface area contributed by atoms with Crippen LogP contribution in [-0.4, -0.2) is 10.2 Å². The van der Waals surface area contributed by atoms with Crippen molar-refractivity contribution >= 4 is 5.82 Å². The van der Waals surface area contributed by atoms with Crippen molar-refractivity contribution in [1.29, 1.82) is 0 Å². The van der Waals surface area contributed by atoms with Crippen molar-refractivity contribution < 1.29 is 0 Å². The lowest BCUT2D eigenvalue weighted by molar-refractivity contribution is 1.04. The molecule has 0 radical (unpaired) electrons. The van der Waals surface area contributed by atoms with E-state index >= 15 is 0 Å². The van der Waals surface area contributed by atoms with Crippen LogP contribution in [0.25, 0.3) is 11.3 Å². The molecule has 0 unspecified atom stereocenters. The van der Waals surface area contributed by atoms with Gasteiger partial charge in [-0.15, -0.1) is 10.2 Å². The number of benzene rings is 1. The van der Waals surface area contributed by atoms with Gasteiger partial charge in [-0.05, 0) is 44.0 Å². The van der Waals surface area contributed by atoms with E-state index < -0.39 is 0 Å². The van der Waals surface area contributed by atoms with Crippen LogP contribution in [0, 0.1) is 20.8 Å². The second kappa shape index (κ2) is 3.93. The number of aromatic nitrogens is 2. The smallest absolute Gasteiger partial charge is 0.146 e. The highest BCUT2D eigenvalue weighted by molar-refractivity contribution is 5.68. The molecule has 16 heavy (non-hydrogen) atoms. The first-order valence-corrected chi connectivity index (χ1v) is 5.25. The lowest BCUT2D eigenvalue weighted by Crippen LogP contribution is -1.97. The monoisotopic (exact) mass is 213 g/mol. The Morgan fingerprint density at radius 3 is 2.06 bits per heavy atom. The lowest BCUT2D eigenvalue weighted by Gasteiger charge is -2.10. The van der Waals surface area contributed by atoms with Crippen LogP contribution in [0.1, 0.15) is 16.7 Å². The molecule has 0 saturated heterocycles. The van der Waals surface area contributed by atoms with Crippen LogP contribution in [0.3, 0.4) is 0 Å². The number of hydrogen-bond donors (Lipinski definition) is 1. The Morgan fingerprint density at radius 2 is 1.56 bits per heavy atom. The maximum atomic E-state index is 5.53. The zero-order valence-electron chi connectivity index (χ0n) is 9.78. The second-order valence-electron chi connectivity index (χ2n) is 4.12. The number of hydrogen-bond acceptors (Lipinski definition) is 3. The standard InChI is InChI=1S/C13H15N3/c1-8-6-9(2)13(10(3)7-8)11-4-5-12(14)16-15-11/h4-7H,1-3H3,(H2,14,16). The number of nitrogens with two attached hydrogens (primary N) is 1. The zero-order valence-corrected chi connectivity index (χ0v) is 9.78. The van der Waals surface area contributed by atoms with E-state index in [0.717, 1.165) is 11.3 Å².